The van der Waals surface area contributed by atoms with Crippen molar-refractivity contribution in [1.82, 2.24) is 0 Å². The van der Waals surface area contributed by atoms with Gasteiger partial charge >= 0.3 is 0 Å². The highest BCUT2D eigenvalue weighted by Gasteiger charge is 2.33. The molecule has 0 aromatic carbocycles. The van der Waals surface area contributed by atoms with Crippen molar-refractivity contribution < 1.29 is 9.84 Å². The highest BCUT2D eigenvalue weighted by molar-refractivity contribution is 4.82. The summed E-state index contributed by atoms with van der Waals surface area (Å²) in [6.45, 7) is 7.92. The smallest absolute Gasteiger partial charge is 0.0608 e. The maximum absolute atomic E-state index is 8.74. The van der Waals surface area contributed by atoms with Gasteiger partial charge in [-0.1, -0.05) is 33.6 Å². The van der Waals surface area contributed by atoms with E-state index in [1.54, 1.807) is 0 Å². The molecule has 0 radical (unpaired) electrons. The molecule has 0 bridgehead atoms. The van der Waals surface area contributed by atoms with Crippen molar-refractivity contribution in [1.29, 1.82) is 0 Å². The Morgan fingerprint density at radius 3 is 2.67 bits per heavy atom. The fourth-order valence-corrected chi connectivity index (χ4v) is 2.97. The highest BCUT2D eigenvalue weighted by atomic mass is 16.5. The average Bonchev–Trinajstić information content (AvgIpc) is 2.17. The predicted octanol–water partition coefficient (Wildman–Crippen LogP) is 2.85. The maximum Gasteiger partial charge on any atom is 0.0608 e. The summed E-state index contributed by atoms with van der Waals surface area (Å²) in [4.78, 5) is 0. The second-order valence-electron chi connectivity index (χ2n) is 5.22. The van der Waals surface area contributed by atoms with E-state index in [0.29, 0.717) is 17.9 Å². The SMILES string of the molecule is CC(C)C1C(C)CCCC1OCCCO. The number of ether oxygens (including phenoxy) is 1. The van der Waals surface area contributed by atoms with E-state index >= 15 is 0 Å². The molecule has 1 aliphatic carbocycles. The number of hydrogen-bond donors (Lipinski definition) is 1. The van der Waals surface area contributed by atoms with Crippen LogP contribution in [0.15, 0.2) is 0 Å². The van der Waals surface area contributed by atoms with E-state index in [-0.39, 0.29) is 6.61 Å². The second-order valence-corrected chi connectivity index (χ2v) is 5.22. The van der Waals surface area contributed by atoms with Gasteiger partial charge in [0, 0.05) is 13.2 Å². The zero-order valence-electron chi connectivity index (χ0n) is 10.4. The molecule has 0 spiro atoms. The number of rotatable bonds is 5. The van der Waals surface area contributed by atoms with E-state index in [0.717, 1.165) is 18.9 Å². The molecule has 0 aromatic heterocycles. The fourth-order valence-electron chi connectivity index (χ4n) is 2.97. The van der Waals surface area contributed by atoms with E-state index in [1.165, 1.54) is 19.3 Å². The van der Waals surface area contributed by atoms with Crippen molar-refractivity contribution >= 4 is 0 Å². The van der Waals surface area contributed by atoms with Gasteiger partial charge < -0.3 is 9.84 Å². The van der Waals surface area contributed by atoms with E-state index in [1.807, 2.05) is 0 Å². The van der Waals surface area contributed by atoms with Crippen LogP contribution in [0.4, 0.5) is 0 Å². The Bertz CT molecular complexity index is 168. The molecule has 15 heavy (non-hydrogen) atoms. The molecule has 1 fully saturated rings. The lowest BCUT2D eigenvalue weighted by atomic mass is 9.72. The summed E-state index contributed by atoms with van der Waals surface area (Å²) in [7, 11) is 0. The molecule has 2 heteroatoms. The van der Waals surface area contributed by atoms with Crippen molar-refractivity contribution in [3.8, 4) is 0 Å². The minimum Gasteiger partial charge on any atom is -0.396 e. The Morgan fingerprint density at radius 1 is 1.33 bits per heavy atom. The molecule has 0 aromatic rings. The molecule has 0 saturated heterocycles. The topological polar surface area (TPSA) is 29.5 Å². The maximum atomic E-state index is 8.74. The lowest BCUT2D eigenvalue weighted by Crippen LogP contribution is -2.37. The molecule has 0 aliphatic heterocycles. The number of aliphatic hydroxyl groups excluding tert-OH is 1. The van der Waals surface area contributed by atoms with E-state index in [2.05, 4.69) is 20.8 Å². The quantitative estimate of drug-likeness (QED) is 0.713. The lowest BCUT2D eigenvalue weighted by molar-refractivity contribution is -0.0497. The van der Waals surface area contributed by atoms with Crippen LogP contribution < -0.4 is 0 Å². The fraction of sp³-hybridized carbons (Fsp3) is 1.00. The summed E-state index contributed by atoms with van der Waals surface area (Å²) in [6, 6.07) is 0. The van der Waals surface area contributed by atoms with Crippen LogP contribution in [0.25, 0.3) is 0 Å². The minimum atomic E-state index is 0.245. The third kappa shape index (κ3) is 3.76. The third-order valence-corrected chi connectivity index (χ3v) is 3.64. The molecular formula is C13H26O2. The third-order valence-electron chi connectivity index (χ3n) is 3.64. The summed E-state index contributed by atoms with van der Waals surface area (Å²) in [5.41, 5.74) is 0. The molecule has 0 heterocycles. The first-order valence-corrected chi connectivity index (χ1v) is 6.39. The van der Waals surface area contributed by atoms with Crippen LogP contribution in [0, 0.1) is 17.8 Å². The van der Waals surface area contributed by atoms with Crippen LogP contribution >= 0.6 is 0 Å². The Kier molecular flexibility index (Phi) is 5.62. The van der Waals surface area contributed by atoms with E-state index < -0.39 is 0 Å². The molecule has 90 valence electrons. The summed E-state index contributed by atoms with van der Waals surface area (Å²) in [6.07, 6.45) is 5.06. The van der Waals surface area contributed by atoms with Crippen molar-refractivity contribution in [3.05, 3.63) is 0 Å². The van der Waals surface area contributed by atoms with E-state index in [9.17, 15) is 0 Å². The Labute approximate surface area is 94.0 Å². The van der Waals surface area contributed by atoms with Gasteiger partial charge in [0.2, 0.25) is 0 Å². The molecular weight excluding hydrogens is 188 g/mol. The Balaban J connectivity index is 2.43. The Hall–Kier alpha value is -0.0800. The van der Waals surface area contributed by atoms with Crippen molar-refractivity contribution in [2.24, 2.45) is 17.8 Å². The molecule has 1 rings (SSSR count). The van der Waals surface area contributed by atoms with Gasteiger partial charge in [0.1, 0.15) is 0 Å². The molecule has 2 nitrogen and oxygen atoms in total. The monoisotopic (exact) mass is 214 g/mol. The molecule has 1 saturated carbocycles. The van der Waals surface area contributed by atoms with Gasteiger partial charge in [-0.2, -0.15) is 0 Å². The summed E-state index contributed by atoms with van der Waals surface area (Å²) < 4.78 is 5.91. The highest BCUT2D eigenvalue weighted by Crippen LogP contribution is 2.36. The number of aliphatic hydroxyl groups is 1. The van der Waals surface area contributed by atoms with Gasteiger partial charge in [-0.3, -0.25) is 0 Å². The molecule has 3 atom stereocenters. The molecule has 1 N–H and O–H groups in total. The molecule has 0 amide bonds. The summed E-state index contributed by atoms with van der Waals surface area (Å²) >= 11 is 0. The molecule has 1 aliphatic rings. The zero-order valence-corrected chi connectivity index (χ0v) is 10.4. The lowest BCUT2D eigenvalue weighted by Gasteiger charge is -2.39. The average molecular weight is 214 g/mol. The largest absolute Gasteiger partial charge is 0.396 e. The first kappa shape index (κ1) is 13.0. The predicted molar refractivity (Wildman–Crippen MR) is 62.8 cm³/mol. The standard InChI is InChI=1S/C13H26O2/c1-10(2)13-11(3)6-4-7-12(13)15-9-5-8-14/h10-14H,4-9H2,1-3H3. The minimum absolute atomic E-state index is 0.245. The first-order chi connectivity index (χ1) is 7.16. The zero-order chi connectivity index (χ0) is 11.3. The van der Waals surface area contributed by atoms with Crippen molar-refractivity contribution in [2.75, 3.05) is 13.2 Å². The van der Waals surface area contributed by atoms with Gasteiger partial charge in [0.15, 0.2) is 0 Å². The van der Waals surface area contributed by atoms with Gasteiger partial charge in [-0.25, -0.2) is 0 Å². The van der Waals surface area contributed by atoms with Gasteiger partial charge in [-0.05, 0) is 30.6 Å². The second kappa shape index (κ2) is 6.49. The normalized spacial score (nSPS) is 32.2. The van der Waals surface area contributed by atoms with Gasteiger partial charge in [0.25, 0.3) is 0 Å². The van der Waals surface area contributed by atoms with E-state index in [4.69, 9.17) is 9.84 Å². The van der Waals surface area contributed by atoms with Crippen LogP contribution in [0.3, 0.4) is 0 Å². The van der Waals surface area contributed by atoms with Crippen molar-refractivity contribution in [3.63, 3.8) is 0 Å². The van der Waals surface area contributed by atoms with Crippen molar-refractivity contribution in [2.45, 2.75) is 52.6 Å². The van der Waals surface area contributed by atoms with Crippen LogP contribution in [-0.4, -0.2) is 24.4 Å². The van der Waals surface area contributed by atoms with Crippen LogP contribution in [0.1, 0.15) is 46.5 Å². The molecule has 3 unspecified atom stereocenters. The van der Waals surface area contributed by atoms with Crippen LogP contribution in [-0.2, 0) is 4.74 Å². The summed E-state index contributed by atoms with van der Waals surface area (Å²) in [5, 5.41) is 8.74. The van der Waals surface area contributed by atoms with Gasteiger partial charge in [0.05, 0.1) is 6.10 Å². The number of hydrogen-bond acceptors (Lipinski definition) is 2. The first-order valence-electron chi connectivity index (χ1n) is 6.39. The summed E-state index contributed by atoms with van der Waals surface area (Å²) in [5.74, 6) is 2.20. The Morgan fingerprint density at radius 2 is 2.07 bits per heavy atom. The van der Waals surface area contributed by atoms with Gasteiger partial charge in [-0.15, -0.1) is 0 Å². The van der Waals surface area contributed by atoms with Crippen LogP contribution in [0.5, 0.6) is 0 Å². The van der Waals surface area contributed by atoms with Crippen LogP contribution in [0.2, 0.25) is 0 Å².